The Kier molecular flexibility index (Phi) is 6.21. The van der Waals surface area contributed by atoms with E-state index in [1.807, 2.05) is 36.4 Å². The number of benzene rings is 2. The van der Waals surface area contributed by atoms with Gasteiger partial charge in [0.05, 0.1) is 32.6 Å². The molecule has 3 aliphatic carbocycles. The van der Waals surface area contributed by atoms with Gasteiger partial charge in [0.25, 0.3) is 0 Å². The maximum absolute atomic E-state index is 13.9. The molecule has 40 heavy (non-hydrogen) atoms. The Morgan fingerprint density at radius 1 is 0.950 bits per heavy atom. The Morgan fingerprint density at radius 3 is 2.27 bits per heavy atom. The highest BCUT2D eigenvalue weighted by Crippen LogP contribution is 2.56. The van der Waals surface area contributed by atoms with Crippen LogP contribution in [0.2, 0.25) is 0 Å². The topological polar surface area (TPSA) is 110 Å². The molecule has 6 rings (SSSR count). The summed E-state index contributed by atoms with van der Waals surface area (Å²) in [4.78, 5) is 55.6. The molecule has 2 aromatic carbocycles. The van der Waals surface area contributed by atoms with Crippen LogP contribution in [0.15, 0.2) is 76.9 Å². The summed E-state index contributed by atoms with van der Waals surface area (Å²) in [5.74, 6) is -3.06. The number of methoxy groups -OCH3 is 2. The summed E-state index contributed by atoms with van der Waals surface area (Å²) < 4.78 is 10.8. The van der Waals surface area contributed by atoms with Crippen molar-refractivity contribution in [2.24, 2.45) is 17.8 Å². The lowest BCUT2D eigenvalue weighted by molar-refractivity contribution is -0.140. The van der Waals surface area contributed by atoms with E-state index in [0.717, 1.165) is 11.1 Å². The predicted octanol–water partition coefficient (Wildman–Crippen LogP) is 4.04. The van der Waals surface area contributed by atoms with Crippen molar-refractivity contribution >= 4 is 23.4 Å². The average molecular weight is 540 g/mol. The lowest BCUT2D eigenvalue weighted by Gasteiger charge is -2.42. The number of rotatable bonds is 5. The highest BCUT2D eigenvalue weighted by molar-refractivity contribution is 6.23. The minimum Gasteiger partial charge on any atom is -0.502 e. The molecule has 0 saturated carbocycles. The number of allylic oxidation sites excluding steroid dienone is 6. The molecule has 2 amide bonds. The van der Waals surface area contributed by atoms with Crippen molar-refractivity contribution in [2.75, 3.05) is 14.2 Å². The van der Waals surface area contributed by atoms with Crippen molar-refractivity contribution in [1.29, 1.82) is 0 Å². The average Bonchev–Trinajstić information content (AvgIpc) is 3.20. The fourth-order valence-corrected chi connectivity index (χ4v) is 6.81. The third-order valence-electron chi connectivity index (χ3n) is 8.67. The van der Waals surface area contributed by atoms with Gasteiger partial charge in [-0.15, -0.1) is 0 Å². The molecular formula is C32H29NO7. The lowest BCUT2D eigenvalue weighted by atomic mass is 9.59. The van der Waals surface area contributed by atoms with Crippen LogP contribution in [-0.4, -0.2) is 47.6 Å². The van der Waals surface area contributed by atoms with E-state index in [9.17, 15) is 24.3 Å². The van der Waals surface area contributed by atoms with E-state index in [0.29, 0.717) is 28.7 Å². The molecule has 1 aliphatic heterocycles. The van der Waals surface area contributed by atoms with Gasteiger partial charge >= 0.3 is 0 Å². The van der Waals surface area contributed by atoms with E-state index in [2.05, 4.69) is 0 Å². The van der Waals surface area contributed by atoms with Gasteiger partial charge in [-0.1, -0.05) is 42.0 Å². The van der Waals surface area contributed by atoms with Crippen LogP contribution in [0.5, 0.6) is 17.2 Å². The van der Waals surface area contributed by atoms with Crippen molar-refractivity contribution in [3.63, 3.8) is 0 Å². The van der Waals surface area contributed by atoms with E-state index < -0.39 is 23.7 Å². The Morgan fingerprint density at radius 2 is 1.62 bits per heavy atom. The molecule has 204 valence electrons. The van der Waals surface area contributed by atoms with E-state index in [1.165, 1.54) is 25.2 Å². The van der Waals surface area contributed by atoms with Gasteiger partial charge < -0.3 is 14.6 Å². The van der Waals surface area contributed by atoms with Crippen LogP contribution >= 0.6 is 0 Å². The van der Waals surface area contributed by atoms with Crippen molar-refractivity contribution in [3.8, 4) is 17.2 Å². The number of hydrogen-bond acceptors (Lipinski definition) is 7. The maximum Gasteiger partial charge on any atom is 0.234 e. The van der Waals surface area contributed by atoms with Gasteiger partial charge in [0.15, 0.2) is 23.1 Å². The Hall–Kier alpha value is -4.46. The molecular weight excluding hydrogens is 510 g/mol. The molecule has 2 aromatic rings. The zero-order chi connectivity index (χ0) is 28.3. The molecule has 4 aliphatic rings. The number of carbonyl (C=O) groups excluding carboxylic acids is 4. The second-order valence-corrected chi connectivity index (χ2v) is 10.8. The number of phenols is 1. The van der Waals surface area contributed by atoms with Crippen LogP contribution in [0.1, 0.15) is 36.8 Å². The summed E-state index contributed by atoms with van der Waals surface area (Å²) >= 11 is 0. The van der Waals surface area contributed by atoms with Crippen LogP contribution in [0.3, 0.4) is 0 Å². The zero-order valence-electron chi connectivity index (χ0n) is 22.5. The first-order valence-corrected chi connectivity index (χ1v) is 13.3. The van der Waals surface area contributed by atoms with E-state index >= 15 is 0 Å². The standard InChI is InChI=1S/C32H29NO7/c1-16-11-23(34)22-14-21-19(26(28(22)29(16)35)18-12-24(39-2)30(36)25(13-18)40-3)9-10-20-27(21)32(38)33(31(20)37)15-17-7-5-4-6-8-17/h4-9,11-13,20-21,26-27,36H,10,14-15H2,1-3H3. The summed E-state index contributed by atoms with van der Waals surface area (Å²) in [5.41, 5.74) is 3.38. The first kappa shape index (κ1) is 25.8. The number of nitrogens with zero attached hydrogens (tertiary/aromatic N) is 1. The largest absolute Gasteiger partial charge is 0.502 e. The molecule has 0 spiro atoms. The number of phenolic OH excluding ortho intramolecular Hbond substituents is 1. The molecule has 8 nitrogen and oxygen atoms in total. The summed E-state index contributed by atoms with van der Waals surface area (Å²) in [6.07, 6.45) is 3.88. The van der Waals surface area contributed by atoms with Gasteiger partial charge in [-0.25, -0.2) is 0 Å². The van der Waals surface area contributed by atoms with Crippen molar-refractivity contribution in [2.45, 2.75) is 32.2 Å². The third-order valence-corrected chi connectivity index (χ3v) is 8.67. The number of hydrogen-bond donors (Lipinski definition) is 1. The second-order valence-electron chi connectivity index (χ2n) is 10.8. The summed E-state index contributed by atoms with van der Waals surface area (Å²) in [6, 6.07) is 12.7. The first-order chi connectivity index (χ1) is 19.2. The number of likely N-dealkylation sites (tertiary alicyclic amines) is 1. The maximum atomic E-state index is 13.9. The van der Waals surface area contributed by atoms with Crippen LogP contribution in [-0.2, 0) is 25.7 Å². The Balaban J connectivity index is 1.48. The number of imide groups is 1. The SMILES string of the molecule is COc1cc(C2C3=CCC4C(=O)N(Cc5ccccc5)C(=O)C4C3CC3=C2C(=O)C(C)=CC3=O)cc(OC)c1O. The number of ether oxygens (including phenoxy) is 2. The number of aromatic hydroxyl groups is 1. The van der Waals surface area contributed by atoms with Gasteiger partial charge in [-0.3, -0.25) is 24.1 Å². The number of fused-ring (bicyclic) bond motifs is 3. The Labute approximate surface area is 231 Å². The van der Waals surface area contributed by atoms with Gasteiger partial charge in [0.1, 0.15) is 0 Å². The number of amides is 2. The number of Topliss-reactive ketones (excluding diaryl/α,β-unsaturated/α-hetero) is 1. The summed E-state index contributed by atoms with van der Waals surface area (Å²) in [6.45, 7) is 1.81. The lowest BCUT2D eigenvalue weighted by Crippen LogP contribution is -2.39. The molecule has 0 bridgehead atoms. The molecule has 8 heteroatoms. The number of ketones is 2. The molecule has 0 radical (unpaired) electrons. The van der Waals surface area contributed by atoms with Crippen LogP contribution in [0.4, 0.5) is 0 Å². The highest BCUT2D eigenvalue weighted by Gasteiger charge is 2.56. The van der Waals surface area contributed by atoms with Gasteiger partial charge in [-0.2, -0.15) is 0 Å². The minimum atomic E-state index is -0.663. The van der Waals surface area contributed by atoms with Gasteiger partial charge in [0, 0.05) is 22.6 Å². The molecule has 4 unspecified atom stereocenters. The molecule has 1 saturated heterocycles. The number of carbonyl (C=O) groups is 4. The summed E-state index contributed by atoms with van der Waals surface area (Å²) in [7, 11) is 2.84. The van der Waals surface area contributed by atoms with Crippen LogP contribution < -0.4 is 9.47 Å². The molecule has 1 fully saturated rings. The Bertz CT molecular complexity index is 1540. The fourth-order valence-electron chi connectivity index (χ4n) is 6.81. The van der Waals surface area contributed by atoms with Crippen molar-refractivity contribution in [3.05, 3.63) is 88.0 Å². The molecule has 1 heterocycles. The van der Waals surface area contributed by atoms with E-state index in [-0.39, 0.29) is 53.6 Å². The first-order valence-electron chi connectivity index (χ1n) is 13.3. The molecule has 0 aromatic heterocycles. The zero-order valence-corrected chi connectivity index (χ0v) is 22.5. The fraction of sp³-hybridized carbons (Fsp3) is 0.312. The van der Waals surface area contributed by atoms with Crippen LogP contribution in [0.25, 0.3) is 0 Å². The monoisotopic (exact) mass is 539 g/mol. The van der Waals surface area contributed by atoms with Crippen molar-refractivity contribution in [1.82, 2.24) is 4.90 Å². The smallest absolute Gasteiger partial charge is 0.234 e. The highest BCUT2D eigenvalue weighted by atomic mass is 16.5. The normalized spacial score (nSPS) is 25.7. The van der Waals surface area contributed by atoms with Crippen LogP contribution in [0, 0.1) is 17.8 Å². The predicted molar refractivity (Wildman–Crippen MR) is 145 cm³/mol. The van der Waals surface area contributed by atoms with Gasteiger partial charge in [0.2, 0.25) is 17.6 Å². The second kappa shape index (κ2) is 9.62. The molecule has 1 N–H and O–H groups in total. The quantitative estimate of drug-likeness (QED) is 0.347. The van der Waals surface area contributed by atoms with E-state index in [4.69, 9.17) is 9.47 Å². The summed E-state index contributed by atoms with van der Waals surface area (Å²) in [5, 5.41) is 10.6. The third kappa shape index (κ3) is 3.81. The van der Waals surface area contributed by atoms with Gasteiger partial charge in [-0.05, 0) is 55.0 Å². The molecule has 4 atom stereocenters. The van der Waals surface area contributed by atoms with Crippen molar-refractivity contribution < 1.29 is 33.8 Å². The van der Waals surface area contributed by atoms with E-state index in [1.54, 1.807) is 19.1 Å². The minimum absolute atomic E-state index is 0.163.